The zero-order valence-electron chi connectivity index (χ0n) is 20.7. The normalized spacial score (nSPS) is 19.6. The summed E-state index contributed by atoms with van der Waals surface area (Å²) in [5.41, 5.74) is -0.211. The Morgan fingerprint density at radius 2 is 1.81 bits per heavy atom. The van der Waals surface area contributed by atoms with Gasteiger partial charge in [0.25, 0.3) is 11.8 Å². The summed E-state index contributed by atoms with van der Waals surface area (Å²) >= 11 is 3.38. The molecule has 1 fully saturated rings. The largest absolute Gasteiger partial charge is 0.435 e. The van der Waals surface area contributed by atoms with Crippen molar-refractivity contribution >= 4 is 41.8 Å². The maximum Gasteiger partial charge on any atom is 0.387 e. The second kappa shape index (κ2) is 10.5. The SMILES string of the molecule is C[Si](C)(C)CCOCN1C(=O)N[C@@](CN2Cc3ccc(OC(F)F)cc3C2=O)(c2ccc(Br)cc2)C1=O. The van der Waals surface area contributed by atoms with Crippen LogP contribution in [-0.4, -0.2) is 62.2 Å². The van der Waals surface area contributed by atoms with Crippen LogP contribution in [0, 0.1) is 0 Å². The summed E-state index contributed by atoms with van der Waals surface area (Å²) < 4.78 is 36.2. The van der Waals surface area contributed by atoms with Gasteiger partial charge in [0.15, 0.2) is 5.54 Å². The number of urea groups is 1. The minimum absolute atomic E-state index is 0.126. The number of carbonyl (C=O) groups is 3. The number of alkyl halides is 2. The van der Waals surface area contributed by atoms with Gasteiger partial charge in [-0.05, 0) is 41.4 Å². The van der Waals surface area contributed by atoms with E-state index in [4.69, 9.17) is 4.74 Å². The highest BCUT2D eigenvalue weighted by Crippen LogP contribution is 2.35. The Balaban J connectivity index is 1.59. The Hall–Kier alpha value is -2.83. The Labute approximate surface area is 223 Å². The minimum atomic E-state index is -3.02. The van der Waals surface area contributed by atoms with Crippen molar-refractivity contribution in [3.63, 3.8) is 0 Å². The predicted octanol–water partition coefficient (Wildman–Crippen LogP) is 4.77. The summed E-state index contributed by atoms with van der Waals surface area (Å²) in [5, 5.41) is 2.80. The third-order valence-corrected chi connectivity index (χ3v) is 8.58. The summed E-state index contributed by atoms with van der Waals surface area (Å²) in [5.74, 6) is -1.10. The highest BCUT2D eigenvalue weighted by molar-refractivity contribution is 9.10. The topological polar surface area (TPSA) is 88.2 Å². The van der Waals surface area contributed by atoms with Crippen LogP contribution in [0.1, 0.15) is 21.5 Å². The number of ether oxygens (including phenoxy) is 2. The number of nitrogens with zero attached hydrogens (tertiary/aromatic N) is 2. The molecule has 37 heavy (non-hydrogen) atoms. The summed E-state index contributed by atoms with van der Waals surface area (Å²) in [6, 6.07) is 11.4. The monoisotopic (exact) mass is 595 g/mol. The lowest BCUT2D eigenvalue weighted by atomic mass is 9.89. The summed E-state index contributed by atoms with van der Waals surface area (Å²) in [6.07, 6.45) is 0. The molecule has 0 saturated carbocycles. The third kappa shape index (κ3) is 5.86. The Kier molecular flexibility index (Phi) is 7.72. The molecule has 4 rings (SSSR count). The molecule has 1 saturated heterocycles. The van der Waals surface area contributed by atoms with Gasteiger partial charge in [0.05, 0.1) is 6.54 Å². The van der Waals surface area contributed by atoms with Gasteiger partial charge < -0.3 is 19.7 Å². The van der Waals surface area contributed by atoms with E-state index >= 15 is 0 Å². The maximum atomic E-state index is 13.8. The van der Waals surface area contributed by atoms with E-state index in [1.165, 1.54) is 17.0 Å². The lowest BCUT2D eigenvalue weighted by Gasteiger charge is -2.32. The van der Waals surface area contributed by atoms with Crippen molar-refractivity contribution < 1.29 is 32.6 Å². The smallest absolute Gasteiger partial charge is 0.387 e. The van der Waals surface area contributed by atoms with E-state index in [0.29, 0.717) is 17.7 Å². The first-order valence-electron chi connectivity index (χ1n) is 11.7. The lowest BCUT2D eigenvalue weighted by molar-refractivity contribution is -0.135. The maximum absolute atomic E-state index is 13.8. The van der Waals surface area contributed by atoms with Crippen LogP contribution < -0.4 is 10.1 Å². The third-order valence-electron chi connectivity index (χ3n) is 6.34. The molecule has 2 aliphatic heterocycles. The fourth-order valence-corrected chi connectivity index (χ4v) is 5.36. The molecule has 198 valence electrons. The summed E-state index contributed by atoms with van der Waals surface area (Å²) in [7, 11) is -1.36. The molecule has 2 aromatic rings. The van der Waals surface area contributed by atoms with Gasteiger partial charge in [0.2, 0.25) is 0 Å². The number of amides is 4. The van der Waals surface area contributed by atoms with Gasteiger partial charge >= 0.3 is 12.6 Å². The van der Waals surface area contributed by atoms with Crippen molar-refractivity contribution in [1.82, 2.24) is 15.1 Å². The van der Waals surface area contributed by atoms with E-state index in [0.717, 1.165) is 15.4 Å². The summed E-state index contributed by atoms with van der Waals surface area (Å²) in [6.45, 7) is 3.83. The highest BCUT2D eigenvalue weighted by Gasteiger charge is 2.54. The van der Waals surface area contributed by atoms with Crippen LogP contribution in [0.3, 0.4) is 0 Å². The van der Waals surface area contributed by atoms with Crippen molar-refractivity contribution in [2.75, 3.05) is 19.9 Å². The average Bonchev–Trinajstić information content (AvgIpc) is 3.24. The number of imide groups is 1. The molecule has 0 unspecified atom stereocenters. The molecule has 0 aromatic heterocycles. The zero-order valence-corrected chi connectivity index (χ0v) is 23.3. The van der Waals surface area contributed by atoms with Gasteiger partial charge in [-0.3, -0.25) is 9.59 Å². The van der Waals surface area contributed by atoms with Crippen LogP contribution in [0.15, 0.2) is 46.9 Å². The fourth-order valence-electron chi connectivity index (χ4n) is 4.34. The van der Waals surface area contributed by atoms with E-state index in [-0.39, 0.29) is 31.1 Å². The van der Waals surface area contributed by atoms with Crippen LogP contribution in [0.25, 0.3) is 0 Å². The molecule has 1 N–H and O–H groups in total. The quantitative estimate of drug-likeness (QED) is 0.243. The van der Waals surface area contributed by atoms with Gasteiger partial charge in [-0.1, -0.05) is 53.8 Å². The number of fused-ring (bicyclic) bond motifs is 1. The number of carbonyl (C=O) groups excluding carboxylic acids is 3. The molecule has 2 aromatic carbocycles. The van der Waals surface area contributed by atoms with E-state index < -0.39 is 38.1 Å². The van der Waals surface area contributed by atoms with Crippen LogP contribution in [0.2, 0.25) is 25.7 Å². The second-order valence-electron chi connectivity index (χ2n) is 10.3. The first-order chi connectivity index (χ1) is 17.4. The Morgan fingerprint density at radius 1 is 1.11 bits per heavy atom. The molecular formula is C25H28BrF2N3O5Si. The van der Waals surface area contributed by atoms with Crippen molar-refractivity contribution in [3.8, 4) is 5.75 Å². The Morgan fingerprint density at radius 3 is 2.46 bits per heavy atom. The van der Waals surface area contributed by atoms with E-state index in [9.17, 15) is 23.2 Å². The molecule has 0 aliphatic carbocycles. The number of halogens is 3. The minimum Gasteiger partial charge on any atom is -0.435 e. The molecule has 0 spiro atoms. The second-order valence-corrected chi connectivity index (χ2v) is 16.8. The average molecular weight is 597 g/mol. The van der Waals surface area contributed by atoms with Crippen molar-refractivity contribution in [1.29, 1.82) is 0 Å². The van der Waals surface area contributed by atoms with E-state index in [2.05, 4.69) is 45.6 Å². The number of hydrogen-bond acceptors (Lipinski definition) is 5. The highest BCUT2D eigenvalue weighted by atomic mass is 79.9. The van der Waals surface area contributed by atoms with Crippen molar-refractivity contribution in [2.45, 2.75) is 44.4 Å². The number of rotatable bonds is 10. The van der Waals surface area contributed by atoms with Crippen LogP contribution in [-0.2, 0) is 21.6 Å². The first kappa shape index (κ1) is 27.2. The van der Waals surface area contributed by atoms with Crippen LogP contribution in [0.4, 0.5) is 13.6 Å². The van der Waals surface area contributed by atoms with Gasteiger partial charge in [-0.25, -0.2) is 9.69 Å². The van der Waals surface area contributed by atoms with Crippen molar-refractivity contribution in [3.05, 3.63) is 63.6 Å². The molecule has 2 heterocycles. The van der Waals surface area contributed by atoms with Crippen molar-refractivity contribution in [2.24, 2.45) is 0 Å². The molecular weight excluding hydrogens is 568 g/mol. The van der Waals surface area contributed by atoms with Gasteiger partial charge in [0, 0.05) is 31.3 Å². The zero-order chi connectivity index (χ0) is 27.0. The molecule has 1 atom stereocenters. The van der Waals surface area contributed by atoms with E-state index in [1.807, 2.05) is 0 Å². The Bertz CT molecular complexity index is 1210. The van der Waals surface area contributed by atoms with Gasteiger partial charge in [0.1, 0.15) is 12.5 Å². The standard InChI is InChI=1S/C25H28BrF2N3O5Si/c1-37(2,3)11-10-35-15-31-22(33)25(29-24(31)34,17-5-7-18(26)8-6-17)14-30-13-16-4-9-19(36-23(27)28)12-20(16)21(30)32/h4-9,12,23H,10-11,13-15H2,1-3H3,(H,29,34)/t25-/m0/s1. The molecule has 0 radical (unpaired) electrons. The van der Waals surface area contributed by atoms with Gasteiger partial charge in [-0.15, -0.1) is 0 Å². The summed E-state index contributed by atoms with van der Waals surface area (Å²) in [4.78, 5) is 42.4. The fraction of sp³-hybridized carbons (Fsp3) is 0.400. The molecule has 4 amide bonds. The molecule has 0 bridgehead atoms. The predicted molar refractivity (Wildman–Crippen MR) is 138 cm³/mol. The van der Waals surface area contributed by atoms with Crippen LogP contribution >= 0.6 is 15.9 Å². The van der Waals surface area contributed by atoms with E-state index in [1.54, 1.807) is 30.3 Å². The molecule has 12 heteroatoms. The molecule has 8 nitrogen and oxygen atoms in total. The lowest BCUT2D eigenvalue weighted by Crippen LogP contribution is -2.53. The number of nitrogens with one attached hydrogen (secondary N) is 1. The number of hydrogen-bond donors (Lipinski definition) is 1. The molecule has 2 aliphatic rings. The number of benzene rings is 2. The first-order valence-corrected chi connectivity index (χ1v) is 16.2. The van der Waals surface area contributed by atoms with Gasteiger partial charge in [-0.2, -0.15) is 8.78 Å². The van der Waals surface area contributed by atoms with Crippen LogP contribution in [0.5, 0.6) is 5.75 Å².